The third kappa shape index (κ3) is 2.70. The summed E-state index contributed by atoms with van der Waals surface area (Å²) in [7, 11) is -2.47. The van der Waals surface area contributed by atoms with E-state index < -0.39 is 16.0 Å². The molecule has 0 aliphatic carbocycles. The molecular formula is C13H18N2O5S. The van der Waals surface area contributed by atoms with Crippen LogP contribution in [0, 0.1) is 0 Å². The van der Waals surface area contributed by atoms with Crippen LogP contribution in [0.1, 0.15) is 29.6 Å². The van der Waals surface area contributed by atoms with Crippen molar-refractivity contribution in [1.82, 2.24) is 9.62 Å². The van der Waals surface area contributed by atoms with E-state index in [1.807, 2.05) is 0 Å². The Morgan fingerprint density at radius 1 is 1.38 bits per heavy atom. The summed E-state index contributed by atoms with van der Waals surface area (Å²) in [5.74, 6) is -0.614. The van der Waals surface area contributed by atoms with Crippen molar-refractivity contribution >= 4 is 16.0 Å². The Hall–Kier alpha value is -1.38. The number of fused-ring (bicyclic) bond motifs is 2. The molecule has 2 fully saturated rings. The molecule has 0 amide bonds. The minimum atomic E-state index is -3.71. The summed E-state index contributed by atoms with van der Waals surface area (Å²) in [6, 6.07) is 1.82. The molecule has 1 aromatic heterocycles. The highest BCUT2D eigenvalue weighted by Crippen LogP contribution is 2.26. The molecule has 3 heterocycles. The van der Waals surface area contributed by atoms with Crippen LogP contribution in [0.5, 0.6) is 0 Å². The van der Waals surface area contributed by atoms with Gasteiger partial charge in [0.1, 0.15) is 6.26 Å². The third-order valence-corrected chi connectivity index (χ3v) is 5.81. The number of sulfonamides is 1. The van der Waals surface area contributed by atoms with E-state index in [1.54, 1.807) is 0 Å². The van der Waals surface area contributed by atoms with Gasteiger partial charge in [0.2, 0.25) is 5.09 Å². The molecule has 2 aliphatic rings. The molecule has 2 saturated heterocycles. The van der Waals surface area contributed by atoms with Gasteiger partial charge >= 0.3 is 5.97 Å². The number of methoxy groups -OCH3 is 1. The molecule has 3 rings (SSSR count). The van der Waals surface area contributed by atoms with Crippen molar-refractivity contribution in [1.29, 1.82) is 0 Å². The molecule has 2 bridgehead atoms. The van der Waals surface area contributed by atoms with Crippen molar-refractivity contribution in [2.24, 2.45) is 0 Å². The number of ether oxygens (including phenoxy) is 1. The molecule has 0 aromatic carbocycles. The Bertz CT molecular complexity index is 639. The van der Waals surface area contributed by atoms with E-state index >= 15 is 0 Å². The van der Waals surface area contributed by atoms with E-state index in [-0.39, 0.29) is 16.7 Å². The fourth-order valence-corrected chi connectivity index (χ4v) is 4.36. The number of nitrogens with one attached hydrogen (secondary N) is 1. The van der Waals surface area contributed by atoms with E-state index in [0.717, 1.165) is 25.5 Å². The highest BCUT2D eigenvalue weighted by Gasteiger charge is 2.36. The topological polar surface area (TPSA) is 88.8 Å². The van der Waals surface area contributed by atoms with Crippen molar-refractivity contribution in [2.45, 2.75) is 36.4 Å². The smallest absolute Gasteiger partial charge is 0.341 e. The Balaban J connectivity index is 1.82. The minimum Gasteiger partial charge on any atom is -0.465 e. The van der Waals surface area contributed by atoms with Crippen molar-refractivity contribution < 1.29 is 22.4 Å². The SMILES string of the molecule is COC(=O)c1coc(S(=O)(=O)N2CCC3CCC(C2)N3)c1. The standard InChI is InChI=1S/C13H18N2O5S/c1-19-13(16)9-6-12(20-8-9)21(17,18)15-5-4-10-2-3-11(7-15)14-10/h6,8,10-11,14H,2-5,7H2,1H3. The number of hydrogen-bond acceptors (Lipinski definition) is 6. The number of carbonyl (C=O) groups excluding carboxylic acids is 1. The number of furan rings is 1. The van der Waals surface area contributed by atoms with Gasteiger partial charge in [0.25, 0.3) is 10.0 Å². The highest BCUT2D eigenvalue weighted by atomic mass is 32.2. The van der Waals surface area contributed by atoms with Crippen LogP contribution < -0.4 is 5.32 Å². The quantitative estimate of drug-likeness (QED) is 0.821. The summed E-state index contributed by atoms with van der Waals surface area (Å²) in [5.41, 5.74) is 0.102. The zero-order valence-electron chi connectivity index (χ0n) is 11.7. The average Bonchev–Trinajstić information content (AvgIpc) is 3.05. The highest BCUT2D eigenvalue weighted by molar-refractivity contribution is 7.89. The maximum atomic E-state index is 12.6. The van der Waals surface area contributed by atoms with E-state index in [4.69, 9.17) is 4.42 Å². The van der Waals surface area contributed by atoms with Gasteiger partial charge in [-0.15, -0.1) is 0 Å². The van der Waals surface area contributed by atoms with E-state index in [2.05, 4.69) is 10.1 Å². The van der Waals surface area contributed by atoms with Gasteiger partial charge in [-0.25, -0.2) is 13.2 Å². The summed E-state index contributed by atoms with van der Waals surface area (Å²) in [6.07, 6.45) is 4.00. The predicted octanol–water partition coefficient (Wildman–Crippen LogP) is 0.581. The molecule has 2 atom stereocenters. The molecule has 116 valence electrons. The van der Waals surface area contributed by atoms with Crippen molar-refractivity contribution in [3.8, 4) is 0 Å². The molecule has 0 radical (unpaired) electrons. The first-order valence-corrected chi connectivity index (χ1v) is 8.38. The average molecular weight is 314 g/mol. The van der Waals surface area contributed by atoms with E-state index in [1.165, 1.54) is 17.5 Å². The fourth-order valence-electron chi connectivity index (χ4n) is 2.93. The lowest BCUT2D eigenvalue weighted by molar-refractivity contribution is 0.0600. The van der Waals surface area contributed by atoms with Gasteiger partial charge < -0.3 is 14.5 Å². The van der Waals surface area contributed by atoms with Gasteiger partial charge in [-0.3, -0.25) is 0 Å². The molecule has 7 nitrogen and oxygen atoms in total. The van der Waals surface area contributed by atoms with Crippen LogP contribution >= 0.6 is 0 Å². The zero-order valence-corrected chi connectivity index (χ0v) is 12.6. The first-order valence-electron chi connectivity index (χ1n) is 6.94. The zero-order chi connectivity index (χ0) is 15.0. The molecule has 1 N–H and O–H groups in total. The monoisotopic (exact) mass is 314 g/mol. The van der Waals surface area contributed by atoms with Crippen molar-refractivity contribution in [2.75, 3.05) is 20.2 Å². The molecular weight excluding hydrogens is 296 g/mol. The Kier molecular flexibility index (Phi) is 3.76. The molecule has 1 aromatic rings. The second-order valence-electron chi connectivity index (χ2n) is 5.44. The van der Waals surface area contributed by atoms with Crippen LogP contribution in [0.25, 0.3) is 0 Å². The lowest BCUT2D eigenvalue weighted by Gasteiger charge is -2.22. The van der Waals surface area contributed by atoms with Gasteiger partial charge in [-0.05, 0) is 19.3 Å². The lowest BCUT2D eigenvalue weighted by Crippen LogP contribution is -2.38. The normalized spacial score (nSPS) is 26.5. The number of carbonyl (C=O) groups is 1. The number of hydrogen-bond donors (Lipinski definition) is 1. The first-order chi connectivity index (χ1) is 10.0. The van der Waals surface area contributed by atoms with Crippen LogP contribution in [-0.4, -0.2) is 51.0 Å². The van der Waals surface area contributed by atoms with Gasteiger partial charge in [-0.2, -0.15) is 4.31 Å². The Labute approximate surface area is 123 Å². The van der Waals surface area contributed by atoms with E-state index in [9.17, 15) is 13.2 Å². The molecule has 21 heavy (non-hydrogen) atoms. The van der Waals surface area contributed by atoms with Crippen molar-refractivity contribution in [3.05, 3.63) is 17.9 Å². The lowest BCUT2D eigenvalue weighted by atomic mass is 10.1. The Morgan fingerprint density at radius 3 is 2.90 bits per heavy atom. The van der Waals surface area contributed by atoms with Gasteiger partial charge in [0.05, 0.1) is 12.7 Å². The molecule has 0 saturated carbocycles. The number of nitrogens with zero attached hydrogens (tertiary/aromatic N) is 1. The van der Waals surface area contributed by atoms with Crippen LogP contribution in [-0.2, 0) is 14.8 Å². The largest absolute Gasteiger partial charge is 0.465 e. The summed E-state index contributed by atoms with van der Waals surface area (Å²) >= 11 is 0. The van der Waals surface area contributed by atoms with Gasteiger partial charge in [-0.1, -0.05) is 0 Å². The summed E-state index contributed by atoms with van der Waals surface area (Å²) in [4.78, 5) is 11.4. The van der Waals surface area contributed by atoms with Gasteiger partial charge in [0.15, 0.2) is 0 Å². The molecule has 0 spiro atoms. The minimum absolute atomic E-state index is 0.102. The van der Waals surface area contributed by atoms with Crippen molar-refractivity contribution in [3.63, 3.8) is 0 Å². The molecule has 2 unspecified atom stereocenters. The first kappa shape index (κ1) is 14.6. The van der Waals surface area contributed by atoms with E-state index in [0.29, 0.717) is 19.1 Å². The van der Waals surface area contributed by atoms with Crippen LogP contribution in [0.2, 0.25) is 0 Å². The van der Waals surface area contributed by atoms with Crippen LogP contribution in [0.3, 0.4) is 0 Å². The summed E-state index contributed by atoms with van der Waals surface area (Å²) < 4.78 is 36.2. The van der Waals surface area contributed by atoms with Gasteiger partial charge in [0, 0.05) is 31.2 Å². The Morgan fingerprint density at radius 2 is 2.14 bits per heavy atom. The maximum Gasteiger partial charge on any atom is 0.341 e. The summed E-state index contributed by atoms with van der Waals surface area (Å²) in [6.45, 7) is 0.901. The fraction of sp³-hybridized carbons (Fsp3) is 0.615. The summed E-state index contributed by atoms with van der Waals surface area (Å²) in [5, 5.41) is 3.22. The van der Waals surface area contributed by atoms with Crippen LogP contribution in [0.15, 0.2) is 21.8 Å². The molecule has 2 aliphatic heterocycles. The second kappa shape index (κ2) is 5.43. The maximum absolute atomic E-state index is 12.6. The van der Waals surface area contributed by atoms with Crippen LogP contribution in [0.4, 0.5) is 0 Å². The number of rotatable bonds is 3. The molecule has 8 heteroatoms. The third-order valence-electron chi connectivity index (χ3n) is 4.08. The number of esters is 1. The predicted molar refractivity (Wildman–Crippen MR) is 73.4 cm³/mol. The second-order valence-corrected chi connectivity index (χ2v) is 7.30.